The normalized spacial score (nSPS) is 11.0. The van der Waals surface area contributed by atoms with Crippen LogP contribution in [0.4, 0.5) is 8.78 Å². The second kappa shape index (κ2) is 5.87. The number of hydrogen-bond donors (Lipinski definition) is 1. The van der Waals surface area contributed by atoms with Gasteiger partial charge in [0.15, 0.2) is 5.56 Å². The number of nitrogens with zero attached hydrogens (tertiary/aromatic N) is 2. The summed E-state index contributed by atoms with van der Waals surface area (Å²) in [5.74, 6) is -1.74. The molecule has 0 spiro atoms. The molecule has 0 saturated carbocycles. The summed E-state index contributed by atoms with van der Waals surface area (Å²) < 4.78 is 31.8. The average Bonchev–Trinajstić information content (AvgIpc) is 2.72. The second-order valence-electron chi connectivity index (χ2n) is 3.97. The van der Waals surface area contributed by atoms with Crippen molar-refractivity contribution in [2.45, 2.75) is 6.43 Å². The minimum absolute atomic E-state index is 0.149. The Kier molecular flexibility index (Phi) is 4.34. The van der Waals surface area contributed by atoms with Gasteiger partial charge in [0.25, 0.3) is 6.43 Å². The highest BCUT2D eigenvalue weighted by molar-refractivity contribution is 6.42. The van der Waals surface area contributed by atoms with Crippen LogP contribution < -0.4 is 4.74 Å². The van der Waals surface area contributed by atoms with Crippen molar-refractivity contribution in [3.05, 3.63) is 39.5 Å². The topological polar surface area (TPSA) is 64.4 Å². The number of ether oxygens (including phenoxy) is 1. The molecule has 1 aromatic heterocycles. The van der Waals surface area contributed by atoms with Gasteiger partial charge >= 0.3 is 5.97 Å². The third-order valence-electron chi connectivity index (χ3n) is 2.55. The molecule has 1 N–H and O–H groups in total. The van der Waals surface area contributed by atoms with E-state index in [1.165, 1.54) is 25.2 Å². The molecule has 5 nitrogen and oxygen atoms in total. The fraction of sp³-hybridized carbons (Fsp3) is 0.167. The molecule has 0 aliphatic heterocycles. The number of aryl methyl sites for hydroxylation is 1. The van der Waals surface area contributed by atoms with Crippen molar-refractivity contribution >= 4 is 29.2 Å². The predicted octanol–water partition coefficient (Wildman–Crippen LogP) is 4.16. The van der Waals surface area contributed by atoms with E-state index < -0.39 is 23.7 Å². The minimum atomic E-state index is -3.03. The molecule has 0 bridgehead atoms. The number of carboxylic acids is 1. The molecule has 1 heterocycles. The second-order valence-corrected chi connectivity index (χ2v) is 4.79. The highest BCUT2D eigenvalue weighted by Gasteiger charge is 2.29. The van der Waals surface area contributed by atoms with Crippen LogP contribution in [0.2, 0.25) is 10.0 Å². The lowest BCUT2D eigenvalue weighted by Gasteiger charge is -2.07. The van der Waals surface area contributed by atoms with Crippen LogP contribution in [0.15, 0.2) is 18.2 Å². The maximum atomic E-state index is 12.8. The van der Waals surface area contributed by atoms with Crippen LogP contribution in [-0.2, 0) is 7.05 Å². The maximum absolute atomic E-state index is 12.8. The molecule has 2 aromatic rings. The molecule has 0 atom stereocenters. The Morgan fingerprint density at radius 2 is 2.05 bits per heavy atom. The first kappa shape index (κ1) is 15.5. The molecule has 0 aliphatic rings. The first-order valence-electron chi connectivity index (χ1n) is 5.52. The highest BCUT2D eigenvalue weighted by Crippen LogP contribution is 2.34. The van der Waals surface area contributed by atoms with E-state index in [9.17, 15) is 13.6 Å². The van der Waals surface area contributed by atoms with Gasteiger partial charge in [-0.2, -0.15) is 5.10 Å². The molecule has 0 amide bonds. The summed E-state index contributed by atoms with van der Waals surface area (Å²) in [6, 6.07) is 4.20. The maximum Gasteiger partial charge on any atom is 0.343 e. The van der Waals surface area contributed by atoms with E-state index in [4.69, 9.17) is 33.0 Å². The van der Waals surface area contributed by atoms with Gasteiger partial charge in [0.2, 0.25) is 5.88 Å². The molecule has 112 valence electrons. The molecule has 0 unspecified atom stereocenters. The molecule has 2 rings (SSSR count). The Bertz CT molecular complexity index is 704. The Hall–Kier alpha value is -1.86. The number of aromatic nitrogens is 2. The van der Waals surface area contributed by atoms with Gasteiger partial charge in [0.1, 0.15) is 11.4 Å². The Balaban J connectivity index is 2.48. The van der Waals surface area contributed by atoms with Crippen molar-refractivity contribution in [3.63, 3.8) is 0 Å². The summed E-state index contributed by atoms with van der Waals surface area (Å²) >= 11 is 11.6. The van der Waals surface area contributed by atoms with Crippen molar-refractivity contribution in [2.24, 2.45) is 7.05 Å². The van der Waals surface area contributed by atoms with E-state index in [0.29, 0.717) is 0 Å². The van der Waals surface area contributed by atoms with Crippen molar-refractivity contribution in [3.8, 4) is 11.6 Å². The monoisotopic (exact) mass is 336 g/mol. The molecule has 0 aliphatic carbocycles. The molecule has 9 heteroatoms. The summed E-state index contributed by atoms with van der Waals surface area (Å²) in [6.07, 6.45) is -3.03. The van der Waals surface area contributed by atoms with Crippen molar-refractivity contribution in [2.75, 3.05) is 0 Å². The lowest BCUT2D eigenvalue weighted by molar-refractivity contribution is 0.0681. The first-order valence-corrected chi connectivity index (χ1v) is 6.28. The van der Waals surface area contributed by atoms with Crippen LogP contribution in [0.1, 0.15) is 22.5 Å². The van der Waals surface area contributed by atoms with Gasteiger partial charge in [-0.25, -0.2) is 18.3 Å². The number of aromatic carboxylic acids is 1. The van der Waals surface area contributed by atoms with Crippen LogP contribution in [-0.4, -0.2) is 20.9 Å². The van der Waals surface area contributed by atoms with Crippen LogP contribution in [0.5, 0.6) is 11.6 Å². The quantitative estimate of drug-likeness (QED) is 0.910. The van der Waals surface area contributed by atoms with E-state index in [1.54, 1.807) is 0 Å². The predicted molar refractivity (Wildman–Crippen MR) is 71.7 cm³/mol. The molecule has 21 heavy (non-hydrogen) atoms. The number of hydrogen-bond acceptors (Lipinski definition) is 3. The minimum Gasteiger partial charge on any atom is -0.477 e. The summed E-state index contributed by atoms with van der Waals surface area (Å²) in [6.45, 7) is 0. The van der Waals surface area contributed by atoms with Gasteiger partial charge in [-0.1, -0.05) is 23.2 Å². The Morgan fingerprint density at radius 3 is 2.57 bits per heavy atom. The van der Waals surface area contributed by atoms with Crippen LogP contribution >= 0.6 is 23.2 Å². The summed E-state index contributed by atoms with van der Waals surface area (Å²) in [5.41, 5.74) is -1.56. The van der Waals surface area contributed by atoms with Gasteiger partial charge in [-0.3, -0.25) is 0 Å². The van der Waals surface area contributed by atoms with E-state index in [-0.39, 0.29) is 21.7 Å². The van der Waals surface area contributed by atoms with Crippen molar-refractivity contribution in [1.82, 2.24) is 9.78 Å². The highest BCUT2D eigenvalue weighted by atomic mass is 35.5. The SMILES string of the molecule is Cn1nc(C(F)F)c(C(=O)O)c1Oc1ccc(Cl)c(Cl)c1. The Morgan fingerprint density at radius 1 is 1.38 bits per heavy atom. The van der Waals surface area contributed by atoms with Gasteiger partial charge in [0, 0.05) is 13.1 Å². The van der Waals surface area contributed by atoms with Crippen molar-refractivity contribution in [1.29, 1.82) is 0 Å². The number of halogens is 4. The van der Waals surface area contributed by atoms with Gasteiger partial charge in [-0.05, 0) is 12.1 Å². The fourth-order valence-corrected chi connectivity index (χ4v) is 1.94. The van der Waals surface area contributed by atoms with Crippen LogP contribution in [0, 0.1) is 0 Å². The molecule has 1 aromatic carbocycles. The van der Waals surface area contributed by atoms with E-state index in [1.807, 2.05) is 0 Å². The molecular formula is C12H8Cl2F2N2O3. The van der Waals surface area contributed by atoms with Crippen LogP contribution in [0.25, 0.3) is 0 Å². The zero-order valence-electron chi connectivity index (χ0n) is 10.5. The largest absolute Gasteiger partial charge is 0.477 e. The van der Waals surface area contributed by atoms with Crippen molar-refractivity contribution < 1.29 is 23.4 Å². The summed E-state index contributed by atoms with van der Waals surface area (Å²) in [5, 5.41) is 13.0. The van der Waals surface area contributed by atoms with E-state index >= 15 is 0 Å². The lowest BCUT2D eigenvalue weighted by atomic mass is 10.2. The number of alkyl halides is 2. The van der Waals surface area contributed by atoms with Crippen LogP contribution in [0.3, 0.4) is 0 Å². The smallest absolute Gasteiger partial charge is 0.343 e. The third-order valence-corrected chi connectivity index (χ3v) is 3.29. The molecule has 0 saturated heterocycles. The zero-order valence-corrected chi connectivity index (χ0v) is 12.0. The Labute approximate surface area is 127 Å². The average molecular weight is 337 g/mol. The molecule has 0 fully saturated rings. The standard InChI is InChI=1S/C12H8Cl2F2N2O3/c1-18-11(8(12(19)20)9(17-18)10(15)16)21-5-2-3-6(13)7(14)4-5/h2-4,10H,1H3,(H,19,20). The zero-order chi connectivity index (χ0) is 15.7. The van der Waals surface area contributed by atoms with E-state index in [2.05, 4.69) is 5.10 Å². The number of carboxylic acid groups (broad SMARTS) is 1. The number of rotatable bonds is 4. The van der Waals surface area contributed by atoms with Gasteiger partial charge in [0.05, 0.1) is 10.0 Å². The molecule has 0 radical (unpaired) electrons. The summed E-state index contributed by atoms with van der Waals surface area (Å²) in [7, 11) is 1.30. The first-order chi connectivity index (χ1) is 9.81. The third kappa shape index (κ3) is 3.08. The lowest BCUT2D eigenvalue weighted by Crippen LogP contribution is -2.03. The van der Waals surface area contributed by atoms with Gasteiger partial charge in [-0.15, -0.1) is 0 Å². The summed E-state index contributed by atoms with van der Waals surface area (Å²) in [4.78, 5) is 11.2. The number of benzene rings is 1. The van der Waals surface area contributed by atoms with E-state index in [0.717, 1.165) is 4.68 Å². The molecular weight excluding hydrogens is 329 g/mol. The number of carbonyl (C=O) groups is 1. The fourth-order valence-electron chi connectivity index (χ4n) is 1.65. The van der Waals surface area contributed by atoms with Gasteiger partial charge < -0.3 is 9.84 Å².